The molecule has 0 saturated heterocycles. The average molecular weight is 283 g/mol. The van der Waals surface area contributed by atoms with Crippen LogP contribution in [0.1, 0.15) is 11.7 Å². The number of carboxylic acid groups (broad SMARTS) is 2. The lowest BCUT2D eigenvalue weighted by Crippen LogP contribution is -2.16. The van der Waals surface area contributed by atoms with E-state index in [1.807, 2.05) is 0 Å². The molecular formula is C13H17NO6. The minimum atomic E-state index is -1.26. The monoisotopic (exact) mass is 283 g/mol. The van der Waals surface area contributed by atoms with E-state index in [-0.39, 0.29) is 5.75 Å². The Morgan fingerprint density at radius 1 is 1.25 bits per heavy atom. The fourth-order valence-corrected chi connectivity index (χ4v) is 1.19. The van der Waals surface area contributed by atoms with Crippen LogP contribution in [-0.4, -0.2) is 46.0 Å². The highest BCUT2D eigenvalue weighted by Gasteiger charge is 2.05. The number of carboxylic acids is 2. The van der Waals surface area contributed by atoms with Gasteiger partial charge in [0.1, 0.15) is 5.75 Å². The van der Waals surface area contributed by atoms with Crippen LogP contribution in [0.25, 0.3) is 0 Å². The summed E-state index contributed by atoms with van der Waals surface area (Å²) in [5.74, 6) is -2.33. The van der Waals surface area contributed by atoms with Crippen molar-refractivity contribution in [1.82, 2.24) is 5.32 Å². The molecule has 0 aliphatic rings. The quantitative estimate of drug-likeness (QED) is 0.493. The molecule has 0 heterocycles. The summed E-state index contributed by atoms with van der Waals surface area (Å²) in [6.07, 6.45) is 0.562. The number of phenols is 1. The van der Waals surface area contributed by atoms with Gasteiger partial charge in [-0.25, -0.2) is 9.59 Å². The molecule has 0 saturated carbocycles. The van der Waals surface area contributed by atoms with Crippen molar-refractivity contribution in [3.05, 3.63) is 42.0 Å². The summed E-state index contributed by atoms with van der Waals surface area (Å²) >= 11 is 0. The second-order valence-electron chi connectivity index (χ2n) is 3.68. The van der Waals surface area contributed by atoms with E-state index in [1.165, 1.54) is 0 Å². The van der Waals surface area contributed by atoms with Crippen LogP contribution >= 0.6 is 0 Å². The smallest absolute Gasteiger partial charge is 0.328 e. The lowest BCUT2D eigenvalue weighted by atomic mass is 10.1. The Kier molecular flexibility index (Phi) is 8.40. The van der Waals surface area contributed by atoms with E-state index >= 15 is 0 Å². The Labute approximate surface area is 115 Å². The lowest BCUT2D eigenvalue weighted by Gasteiger charge is -2.09. The number of phenolic OH excluding ortho intramolecular Hbond substituents is 1. The van der Waals surface area contributed by atoms with Crippen molar-refractivity contribution in [2.24, 2.45) is 0 Å². The molecule has 0 aromatic heterocycles. The first kappa shape index (κ1) is 17.6. The summed E-state index contributed by atoms with van der Waals surface area (Å²) in [4.78, 5) is 19.1. The van der Waals surface area contributed by atoms with Gasteiger partial charge < -0.3 is 25.7 Å². The maximum Gasteiger partial charge on any atom is 0.328 e. The van der Waals surface area contributed by atoms with E-state index in [0.29, 0.717) is 18.7 Å². The van der Waals surface area contributed by atoms with Gasteiger partial charge in [-0.2, -0.15) is 0 Å². The van der Waals surface area contributed by atoms with Gasteiger partial charge in [0.15, 0.2) is 0 Å². The highest BCUT2D eigenvalue weighted by molar-refractivity contribution is 5.89. The third-order valence-corrected chi connectivity index (χ3v) is 2.02. The molecule has 7 heteroatoms. The summed E-state index contributed by atoms with van der Waals surface area (Å²) < 4.78 is 0. The van der Waals surface area contributed by atoms with Crippen LogP contribution < -0.4 is 5.32 Å². The summed E-state index contributed by atoms with van der Waals surface area (Å²) in [7, 11) is 1.77. The number of aliphatic carboxylic acids is 2. The molecule has 0 bridgehead atoms. The van der Waals surface area contributed by atoms with Gasteiger partial charge in [0, 0.05) is 18.7 Å². The van der Waals surface area contributed by atoms with Gasteiger partial charge in [0.25, 0.3) is 0 Å². The third kappa shape index (κ3) is 8.67. The van der Waals surface area contributed by atoms with Crippen molar-refractivity contribution < 1.29 is 30.0 Å². The standard InChI is InChI=1S/C9H13NO2.C4H4O4/c1-10-6-9(12)7-3-2-4-8(11)5-7;5-3(6)1-2-4(7)8/h2-5,9-12H,6H2,1H3;1-2H,(H,5,6)(H,7,8)/b;2-1-. The first-order valence-electron chi connectivity index (χ1n) is 5.62. The Morgan fingerprint density at radius 2 is 1.80 bits per heavy atom. The van der Waals surface area contributed by atoms with E-state index in [1.54, 1.807) is 31.3 Å². The number of aliphatic hydroxyl groups is 1. The molecule has 5 N–H and O–H groups in total. The number of nitrogens with one attached hydrogen (secondary N) is 1. The van der Waals surface area contributed by atoms with Crippen LogP contribution in [0.3, 0.4) is 0 Å². The third-order valence-electron chi connectivity index (χ3n) is 2.02. The number of benzene rings is 1. The minimum Gasteiger partial charge on any atom is -0.508 e. The molecule has 1 rings (SSSR count). The summed E-state index contributed by atoms with van der Waals surface area (Å²) in [5.41, 5.74) is 0.726. The van der Waals surface area contributed by atoms with Gasteiger partial charge in [0.2, 0.25) is 0 Å². The zero-order chi connectivity index (χ0) is 15.5. The zero-order valence-electron chi connectivity index (χ0n) is 10.9. The Bertz CT molecular complexity index is 456. The first-order chi connectivity index (χ1) is 9.36. The highest BCUT2D eigenvalue weighted by Crippen LogP contribution is 2.17. The second kappa shape index (κ2) is 9.54. The van der Waals surface area contributed by atoms with Gasteiger partial charge in [-0.05, 0) is 24.7 Å². The number of rotatable bonds is 5. The van der Waals surface area contributed by atoms with Gasteiger partial charge >= 0.3 is 11.9 Å². The second-order valence-corrected chi connectivity index (χ2v) is 3.68. The maximum atomic E-state index is 9.55. The van der Waals surface area contributed by atoms with Crippen LogP contribution in [0, 0.1) is 0 Å². The summed E-state index contributed by atoms with van der Waals surface area (Å²) in [6, 6.07) is 6.63. The molecule has 0 spiro atoms. The molecule has 1 aromatic carbocycles. The number of aliphatic hydroxyl groups excluding tert-OH is 1. The number of likely N-dealkylation sites (N-methyl/N-ethyl adjacent to an activating group) is 1. The molecule has 7 nitrogen and oxygen atoms in total. The summed E-state index contributed by atoms with van der Waals surface area (Å²) in [5, 5.41) is 37.0. The summed E-state index contributed by atoms with van der Waals surface area (Å²) in [6.45, 7) is 0.490. The fourth-order valence-electron chi connectivity index (χ4n) is 1.19. The molecule has 1 unspecified atom stereocenters. The normalized spacial score (nSPS) is 11.5. The molecule has 0 radical (unpaired) electrons. The number of hydrogen-bond donors (Lipinski definition) is 5. The molecule has 20 heavy (non-hydrogen) atoms. The fraction of sp³-hybridized carbons (Fsp3) is 0.231. The SMILES string of the molecule is CNCC(O)c1cccc(O)c1.O=C(O)/C=C\C(=O)O. The molecule has 0 aliphatic heterocycles. The van der Waals surface area contributed by atoms with Crippen LogP contribution in [0.5, 0.6) is 5.75 Å². The van der Waals surface area contributed by atoms with Gasteiger partial charge in [0.05, 0.1) is 6.10 Å². The molecule has 1 aromatic rings. The Morgan fingerprint density at radius 3 is 2.20 bits per heavy atom. The van der Waals surface area contributed by atoms with Crippen molar-refractivity contribution in [2.45, 2.75) is 6.10 Å². The predicted molar refractivity (Wildman–Crippen MR) is 71.4 cm³/mol. The lowest BCUT2D eigenvalue weighted by molar-refractivity contribution is -0.134. The van der Waals surface area contributed by atoms with Crippen molar-refractivity contribution >= 4 is 11.9 Å². The van der Waals surface area contributed by atoms with E-state index in [2.05, 4.69) is 5.32 Å². The molecule has 110 valence electrons. The van der Waals surface area contributed by atoms with E-state index in [4.69, 9.17) is 15.3 Å². The molecule has 1 atom stereocenters. The van der Waals surface area contributed by atoms with Crippen LogP contribution in [-0.2, 0) is 9.59 Å². The molecular weight excluding hydrogens is 266 g/mol. The highest BCUT2D eigenvalue weighted by atomic mass is 16.4. The Hall–Kier alpha value is -2.38. The van der Waals surface area contributed by atoms with Crippen LogP contribution in [0.4, 0.5) is 0 Å². The van der Waals surface area contributed by atoms with Crippen molar-refractivity contribution in [1.29, 1.82) is 0 Å². The van der Waals surface area contributed by atoms with Gasteiger partial charge in [-0.3, -0.25) is 0 Å². The molecule has 0 fully saturated rings. The van der Waals surface area contributed by atoms with Gasteiger partial charge in [-0.1, -0.05) is 12.1 Å². The minimum absolute atomic E-state index is 0.183. The Balaban J connectivity index is 0.000000396. The van der Waals surface area contributed by atoms with Crippen molar-refractivity contribution in [3.63, 3.8) is 0 Å². The van der Waals surface area contributed by atoms with Gasteiger partial charge in [-0.15, -0.1) is 0 Å². The predicted octanol–water partition coefficient (Wildman–Crippen LogP) is 0.357. The van der Waals surface area contributed by atoms with Crippen molar-refractivity contribution in [2.75, 3.05) is 13.6 Å². The number of aromatic hydroxyl groups is 1. The van der Waals surface area contributed by atoms with Crippen LogP contribution in [0.2, 0.25) is 0 Å². The van der Waals surface area contributed by atoms with E-state index < -0.39 is 18.0 Å². The largest absolute Gasteiger partial charge is 0.508 e. The number of carbonyl (C=O) groups is 2. The van der Waals surface area contributed by atoms with Crippen LogP contribution in [0.15, 0.2) is 36.4 Å². The topological polar surface area (TPSA) is 127 Å². The zero-order valence-corrected chi connectivity index (χ0v) is 10.9. The maximum absolute atomic E-state index is 9.55. The van der Waals surface area contributed by atoms with Crippen molar-refractivity contribution in [3.8, 4) is 5.75 Å². The molecule has 0 amide bonds. The average Bonchev–Trinajstić information content (AvgIpc) is 2.37. The molecule has 0 aliphatic carbocycles. The van der Waals surface area contributed by atoms with E-state index in [9.17, 15) is 14.7 Å². The van der Waals surface area contributed by atoms with E-state index in [0.717, 1.165) is 5.56 Å². The first-order valence-corrected chi connectivity index (χ1v) is 5.62. The number of hydrogen-bond acceptors (Lipinski definition) is 5.